The first kappa shape index (κ1) is 7.80. The molecule has 0 saturated heterocycles. The molecule has 1 atom stereocenters. The smallest absolute Gasteiger partial charge is 0.0721 e. The number of hydrogen-bond donors (Lipinski definition) is 1. The van der Waals surface area contributed by atoms with Crippen LogP contribution in [0.5, 0.6) is 0 Å². The second-order valence-corrected chi connectivity index (χ2v) is 3.17. The molecule has 1 N–H and O–H groups in total. The minimum Gasteiger partial charge on any atom is -0.389 e. The van der Waals surface area contributed by atoms with E-state index in [0.717, 1.165) is 0 Å². The Balaban J connectivity index is 2.63. The zero-order valence-electron chi connectivity index (χ0n) is 6.85. The average Bonchev–Trinajstić information content (AvgIpc) is 2.36. The van der Waals surface area contributed by atoms with Gasteiger partial charge in [0.05, 0.1) is 6.10 Å². The quantitative estimate of drug-likeness (QED) is 0.554. The Bertz CT molecular complexity index is 137. The van der Waals surface area contributed by atoms with Gasteiger partial charge in [-0.15, -0.1) is 0 Å². The van der Waals surface area contributed by atoms with E-state index in [1.165, 1.54) is 36.8 Å². The lowest BCUT2D eigenvalue weighted by Gasteiger charge is -2.07. The zero-order chi connectivity index (χ0) is 7.56. The molecule has 1 aliphatic carbocycles. The fraction of sp³-hybridized carbons (Fsp3) is 0.778. The first-order valence-electron chi connectivity index (χ1n) is 4.08. The van der Waals surface area contributed by atoms with Crippen molar-refractivity contribution < 1.29 is 5.11 Å². The molecular weight excluding hydrogens is 124 g/mol. The molecule has 10 heavy (non-hydrogen) atoms. The van der Waals surface area contributed by atoms with Crippen molar-refractivity contribution in [2.24, 2.45) is 0 Å². The molecule has 58 valence electrons. The van der Waals surface area contributed by atoms with Crippen LogP contribution in [0.3, 0.4) is 0 Å². The van der Waals surface area contributed by atoms with E-state index < -0.39 is 0 Å². The molecule has 1 heteroatoms. The second-order valence-electron chi connectivity index (χ2n) is 3.17. The van der Waals surface area contributed by atoms with Crippen LogP contribution in [0, 0.1) is 0 Å². The molecule has 0 amide bonds. The molecule has 0 aliphatic heterocycles. The Morgan fingerprint density at radius 3 is 2.30 bits per heavy atom. The normalized spacial score (nSPS) is 21.3. The molecule has 1 aliphatic rings. The highest BCUT2D eigenvalue weighted by atomic mass is 16.3. The van der Waals surface area contributed by atoms with E-state index in [-0.39, 0.29) is 6.10 Å². The standard InChI is InChI=1S/C9H16O/c1-7(8(2)10)9-5-3-4-6-9/h8,10H,3-6H2,1-2H3. The van der Waals surface area contributed by atoms with Gasteiger partial charge in [0.15, 0.2) is 0 Å². The Kier molecular flexibility index (Phi) is 2.50. The van der Waals surface area contributed by atoms with Crippen molar-refractivity contribution in [3.05, 3.63) is 11.1 Å². The highest BCUT2D eigenvalue weighted by Crippen LogP contribution is 2.27. The maximum absolute atomic E-state index is 9.22. The van der Waals surface area contributed by atoms with Crippen molar-refractivity contribution in [3.8, 4) is 0 Å². The fourth-order valence-corrected chi connectivity index (χ4v) is 1.49. The Morgan fingerprint density at radius 2 is 1.90 bits per heavy atom. The summed E-state index contributed by atoms with van der Waals surface area (Å²) in [6.07, 6.45) is 4.85. The monoisotopic (exact) mass is 140 g/mol. The SMILES string of the molecule is CC(=C1CCCC1)C(C)O. The molecule has 1 nitrogen and oxygen atoms in total. The molecule has 0 radical (unpaired) electrons. The van der Waals surface area contributed by atoms with Crippen LogP contribution < -0.4 is 0 Å². The van der Waals surface area contributed by atoms with Gasteiger partial charge in [-0.2, -0.15) is 0 Å². The molecule has 1 fully saturated rings. The molecule has 0 aromatic heterocycles. The third-order valence-corrected chi connectivity index (χ3v) is 2.39. The Hall–Kier alpha value is -0.300. The summed E-state index contributed by atoms with van der Waals surface area (Å²) in [6, 6.07) is 0. The first-order chi connectivity index (χ1) is 4.72. The van der Waals surface area contributed by atoms with Crippen molar-refractivity contribution in [2.45, 2.75) is 45.6 Å². The van der Waals surface area contributed by atoms with E-state index in [2.05, 4.69) is 0 Å². The van der Waals surface area contributed by atoms with Crippen molar-refractivity contribution in [2.75, 3.05) is 0 Å². The molecule has 1 rings (SSSR count). The van der Waals surface area contributed by atoms with Crippen LogP contribution in [-0.2, 0) is 0 Å². The van der Waals surface area contributed by atoms with Gasteiger partial charge in [0.1, 0.15) is 0 Å². The minimum atomic E-state index is -0.229. The summed E-state index contributed by atoms with van der Waals surface area (Å²) in [5.41, 5.74) is 2.70. The summed E-state index contributed by atoms with van der Waals surface area (Å²) in [6.45, 7) is 3.89. The van der Waals surface area contributed by atoms with Crippen molar-refractivity contribution in [3.63, 3.8) is 0 Å². The summed E-state index contributed by atoms with van der Waals surface area (Å²) in [4.78, 5) is 0. The summed E-state index contributed by atoms with van der Waals surface area (Å²) in [5.74, 6) is 0. The van der Waals surface area contributed by atoms with Gasteiger partial charge in [-0.05, 0) is 45.1 Å². The van der Waals surface area contributed by atoms with E-state index in [0.29, 0.717) is 0 Å². The third-order valence-electron chi connectivity index (χ3n) is 2.39. The molecule has 0 aromatic rings. The molecular formula is C9H16O. The second kappa shape index (κ2) is 3.20. The van der Waals surface area contributed by atoms with E-state index in [9.17, 15) is 5.11 Å². The van der Waals surface area contributed by atoms with Crippen molar-refractivity contribution >= 4 is 0 Å². The summed E-state index contributed by atoms with van der Waals surface area (Å²) >= 11 is 0. The number of hydrogen-bond acceptors (Lipinski definition) is 1. The predicted octanol–water partition coefficient (Wildman–Crippen LogP) is 2.26. The molecule has 0 spiro atoms. The van der Waals surface area contributed by atoms with Gasteiger partial charge in [-0.3, -0.25) is 0 Å². The number of aliphatic hydroxyl groups is 1. The lowest BCUT2D eigenvalue weighted by molar-refractivity contribution is 0.230. The number of rotatable bonds is 1. The third kappa shape index (κ3) is 1.60. The largest absolute Gasteiger partial charge is 0.389 e. The number of allylic oxidation sites excluding steroid dienone is 1. The Labute approximate surface area is 62.8 Å². The molecule has 1 unspecified atom stereocenters. The Morgan fingerprint density at radius 1 is 1.40 bits per heavy atom. The minimum absolute atomic E-state index is 0.229. The first-order valence-corrected chi connectivity index (χ1v) is 4.08. The summed E-state index contributed by atoms with van der Waals surface area (Å²) < 4.78 is 0. The topological polar surface area (TPSA) is 20.2 Å². The van der Waals surface area contributed by atoms with Crippen molar-refractivity contribution in [1.82, 2.24) is 0 Å². The average molecular weight is 140 g/mol. The maximum atomic E-state index is 9.22. The molecule has 0 aromatic carbocycles. The lowest BCUT2D eigenvalue weighted by Crippen LogP contribution is -2.03. The van der Waals surface area contributed by atoms with Gasteiger partial charge in [0.2, 0.25) is 0 Å². The summed E-state index contributed by atoms with van der Waals surface area (Å²) in [5, 5.41) is 9.22. The van der Waals surface area contributed by atoms with Gasteiger partial charge in [0, 0.05) is 0 Å². The molecule has 1 saturated carbocycles. The highest BCUT2D eigenvalue weighted by Gasteiger charge is 2.11. The van der Waals surface area contributed by atoms with Gasteiger partial charge in [-0.1, -0.05) is 5.57 Å². The van der Waals surface area contributed by atoms with E-state index >= 15 is 0 Å². The highest BCUT2D eigenvalue weighted by molar-refractivity contribution is 5.17. The van der Waals surface area contributed by atoms with Gasteiger partial charge in [-0.25, -0.2) is 0 Å². The van der Waals surface area contributed by atoms with Crippen molar-refractivity contribution in [1.29, 1.82) is 0 Å². The molecule has 0 heterocycles. The van der Waals surface area contributed by atoms with E-state index in [1.54, 1.807) is 0 Å². The van der Waals surface area contributed by atoms with Crippen LogP contribution >= 0.6 is 0 Å². The van der Waals surface area contributed by atoms with Crippen LogP contribution in [-0.4, -0.2) is 11.2 Å². The lowest BCUT2D eigenvalue weighted by atomic mass is 10.0. The van der Waals surface area contributed by atoms with E-state index in [1.807, 2.05) is 13.8 Å². The maximum Gasteiger partial charge on any atom is 0.0721 e. The van der Waals surface area contributed by atoms with Crippen LogP contribution in [0.4, 0.5) is 0 Å². The van der Waals surface area contributed by atoms with Gasteiger partial charge >= 0.3 is 0 Å². The van der Waals surface area contributed by atoms with Crippen LogP contribution in [0.2, 0.25) is 0 Å². The van der Waals surface area contributed by atoms with E-state index in [4.69, 9.17) is 0 Å². The predicted molar refractivity (Wildman–Crippen MR) is 42.8 cm³/mol. The zero-order valence-corrected chi connectivity index (χ0v) is 6.85. The fourth-order valence-electron chi connectivity index (χ4n) is 1.49. The van der Waals surface area contributed by atoms with Gasteiger partial charge in [0.25, 0.3) is 0 Å². The van der Waals surface area contributed by atoms with Gasteiger partial charge < -0.3 is 5.11 Å². The molecule has 0 bridgehead atoms. The van der Waals surface area contributed by atoms with Crippen LogP contribution in [0.25, 0.3) is 0 Å². The van der Waals surface area contributed by atoms with Crippen LogP contribution in [0.1, 0.15) is 39.5 Å². The number of aliphatic hydroxyl groups excluding tert-OH is 1. The van der Waals surface area contributed by atoms with Crippen LogP contribution in [0.15, 0.2) is 11.1 Å². The summed E-state index contributed by atoms with van der Waals surface area (Å²) in [7, 11) is 0.